The molecule has 0 aliphatic heterocycles. The first-order valence-electron chi connectivity index (χ1n) is 14.6. The minimum Gasteiger partial charge on any atom is -0.485 e. The Kier molecular flexibility index (Phi) is 10.9. The van der Waals surface area contributed by atoms with Gasteiger partial charge in [-0.25, -0.2) is 0 Å². The molecule has 4 heteroatoms. The zero-order valence-electron chi connectivity index (χ0n) is 24.4. The topological polar surface area (TPSA) is 36.9 Å². The van der Waals surface area contributed by atoms with Crippen LogP contribution in [0.2, 0.25) is 0 Å². The summed E-state index contributed by atoms with van der Waals surface area (Å²) < 4.78 is 25.9. The van der Waals surface area contributed by atoms with Crippen LogP contribution in [0.5, 0.6) is 0 Å². The molecule has 0 heterocycles. The third kappa shape index (κ3) is 8.76. The quantitative estimate of drug-likeness (QED) is 0.0878. The van der Waals surface area contributed by atoms with Crippen molar-refractivity contribution in [2.45, 2.75) is 38.1 Å². The van der Waals surface area contributed by atoms with E-state index in [4.69, 9.17) is 18.9 Å². The number of fused-ring (bicyclic) bond motifs is 1. The average Bonchev–Trinajstić information content (AvgIpc) is 3.07. The molecule has 5 aromatic rings. The summed E-state index contributed by atoms with van der Waals surface area (Å²) in [6.45, 7) is 9.92. The van der Waals surface area contributed by atoms with Crippen molar-refractivity contribution in [1.82, 2.24) is 0 Å². The van der Waals surface area contributed by atoms with Gasteiger partial charge in [-0.05, 0) is 33.5 Å². The van der Waals surface area contributed by atoms with E-state index < -0.39 is 18.3 Å². The monoisotopic (exact) mass is 570 g/mol. The summed E-state index contributed by atoms with van der Waals surface area (Å²) in [7, 11) is 0. The zero-order valence-corrected chi connectivity index (χ0v) is 24.4. The Bertz CT molecular complexity index is 1570. The standard InChI is InChI=1S/C39H38O4/c1-3-37(41-27-32-17-9-5-10-18-32)39(42-28-33-19-11-6-12-20-33)38(29-40-26-31-15-7-4-8-16-31)43-30(2)35-24-23-34-21-13-14-22-36(34)25-35/h3-25,37-39H,1-2,26-29H2/t37-,38-,39+/m1/s1. The summed E-state index contributed by atoms with van der Waals surface area (Å²) in [6.07, 6.45) is 0.239. The molecular formula is C39H38O4. The van der Waals surface area contributed by atoms with Crippen LogP contribution in [0.4, 0.5) is 0 Å². The van der Waals surface area contributed by atoms with Crippen LogP contribution in [0.1, 0.15) is 22.3 Å². The van der Waals surface area contributed by atoms with Crippen LogP contribution >= 0.6 is 0 Å². The highest BCUT2D eigenvalue weighted by Crippen LogP contribution is 2.26. The lowest BCUT2D eigenvalue weighted by molar-refractivity contribution is -0.132. The summed E-state index contributed by atoms with van der Waals surface area (Å²) in [6, 6.07) is 44.7. The van der Waals surface area contributed by atoms with E-state index in [0.717, 1.165) is 33.0 Å². The highest BCUT2D eigenvalue weighted by Gasteiger charge is 2.32. The lowest BCUT2D eigenvalue weighted by Gasteiger charge is -2.33. The normalized spacial score (nSPS) is 13.2. The first-order valence-corrected chi connectivity index (χ1v) is 14.6. The van der Waals surface area contributed by atoms with Crippen LogP contribution in [0.15, 0.2) is 153 Å². The largest absolute Gasteiger partial charge is 0.485 e. The lowest BCUT2D eigenvalue weighted by Crippen LogP contribution is -2.44. The van der Waals surface area contributed by atoms with Crippen molar-refractivity contribution in [3.05, 3.63) is 175 Å². The molecule has 5 aromatic carbocycles. The average molecular weight is 571 g/mol. The minimum atomic E-state index is -0.537. The molecule has 0 aliphatic rings. The minimum absolute atomic E-state index is 0.264. The fraction of sp³-hybridized carbons (Fsp3) is 0.179. The maximum Gasteiger partial charge on any atom is 0.151 e. The van der Waals surface area contributed by atoms with E-state index in [1.807, 2.05) is 109 Å². The number of hydrogen-bond donors (Lipinski definition) is 0. The van der Waals surface area contributed by atoms with Crippen molar-refractivity contribution < 1.29 is 18.9 Å². The van der Waals surface area contributed by atoms with Crippen LogP contribution < -0.4 is 0 Å². The van der Waals surface area contributed by atoms with Crippen molar-refractivity contribution in [1.29, 1.82) is 0 Å². The van der Waals surface area contributed by atoms with Crippen molar-refractivity contribution in [2.75, 3.05) is 6.61 Å². The molecule has 0 aromatic heterocycles. The second kappa shape index (κ2) is 15.7. The summed E-state index contributed by atoms with van der Waals surface area (Å²) in [5.74, 6) is 0.540. The van der Waals surface area contributed by atoms with Gasteiger partial charge in [-0.15, -0.1) is 6.58 Å². The predicted molar refractivity (Wildman–Crippen MR) is 174 cm³/mol. The van der Waals surface area contributed by atoms with Crippen LogP contribution in [0, 0.1) is 0 Å². The summed E-state index contributed by atoms with van der Waals surface area (Å²) in [5.41, 5.74) is 4.09. The maximum absolute atomic E-state index is 6.64. The van der Waals surface area contributed by atoms with Gasteiger partial charge in [-0.2, -0.15) is 0 Å². The van der Waals surface area contributed by atoms with Gasteiger partial charge in [0.25, 0.3) is 0 Å². The van der Waals surface area contributed by atoms with Gasteiger partial charge in [0.1, 0.15) is 18.0 Å². The fourth-order valence-electron chi connectivity index (χ4n) is 4.92. The molecular weight excluding hydrogens is 532 g/mol. The Morgan fingerprint density at radius 2 is 1.14 bits per heavy atom. The Labute approximate surface area is 254 Å². The molecule has 5 rings (SSSR count). The highest BCUT2D eigenvalue weighted by molar-refractivity contribution is 5.85. The maximum atomic E-state index is 6.64. The number of hydrogen-bond acceptors (Lipinski definition) is 4. The first kappa shape index (κ1) is 30.0. The molecule has 0 N–H and O–H groups in total. The highest BCUT2D eigenvalue weighted by atomic mass is 16.6. The molecule has 218 valence electrons. The van der Waals surface area contributed by atoms with Crippen LogP contribution in [0.3, 0.4) is 0 Å². The van der Waals surface area contributed by atoms with Gasteiger partial charge in [0, 0.05) is 5.56 Å². The number of rotatable bonds is 16. The van der Waals surface area contributed by atoms with Gasteiger partial charge < -0.3 is 18.9 Å². The molecule has 0 fully saturated rings. The van der Waals surface area contributed by atoms with Gasteiger partial charge in [-0.1, -0.05) is 140 Å². The van der Waals surface area contributed by atoms with Gasteiger partial charge in [0.05, 0.1) is 26.4 Å². The van der Waals surface area contributed by atoms with E-state index in [1.54, 1.807) is 6.08 Å². The second-order valence-corrected chi connectivity index (χ2v) is 10.4. The van der Waals surface area contributed by atoms with Crippen molar-refractivity contribution in [3.63, 3.8) is 0 Å². The van der Waals surface area contributed by atoms with Crippen LogP contribution in [-0.4, -0.2) is 24.9 Å². The molecule has 0 aliphatic carbocycles. The lowest BCUT2D eigenvalue weighted by atomic mass is 10.0. The molecule has 0 saturated carbocycles. The van der Waals surface area contributed by atoms with E-state index in [0.29, 0.717) is 25.6 Å². The van der Waals surface area contributed by atoms with Crippen molar-refractivity contribution >= 4 is 16.5 Å². The molecule has 4 nitrogen and oxygen atoms in total. The summed E-state index contributed by atoms with van der Waals surface area (Å²) in [5, 5.41) is 2.28. The SMILES string of the molecule is C=C[C@@H](OCc1ccccc1)[C@H](OCc1ccccc1)[C@@H](COCc1ccccc1)OC(=C)c1ccc2ccccc2c1. The Morgan fingerprint density at radius 3 is 1.74 bits per heavy atom. The molecule has 0 unspecified atom stereocenters. The zero-order chi connectivity index (χ0) is 29.7. The molecule has 0 bridgehead atoms. The van der Waals surface area contributed by atoms with E-state index in [1.165, 1.54) is 0 Å². The van der Waals surface area contributed by atoms with Crippen LogP contribution in [-0.2, 0) is 38.8 Å². The number of benzene rings is 5. The van der Waals surface area contributed by atoms with E-state index >= 15 is 0 Å². The molecule has 0 amide bonds. The molecule has 0 spiro atoms. The van der Waals surface area contributed by atoms with E-state index in [2.05, 4.69) is 37.4 Å². The fourth-order valence-corrected chi connectivity index (χ4v) is 4.92. The third-order valence-electron chi connectivity index (χ3n) is 7.25. The van der Waals surface area contributed by atoms with Crippen LogP contribution in [0.25, 0.3) is 16.5 Å². The smallest absolute Gasteiger partial charge is 0.151 e. The first-order chi connectivity index (χ1) is 21.2. The predicted octanol–water partition coefficient (Wildman–Crippen LogP) is 8.77. The Balaban J connectivity index is 1.40. The molecule has 0 radical (unpaired) electrons. The third-order valence-corrected chi connectivity index (χ3v) is 7.25. The molecule has 43 heavy (non-hydrogen) atoms. The molecule has 0 saturated heterocycles. The Hall–Kier alpha value is -4.48. The van der Waals surface area contributed by atoms with Gasteiger partial charge >= 0.3 is 0 Å². The van der Waals surface area contributed by atoms with E-state index in [-0.39, 0.29) is 6.61 Å². The van der Waals surface area contributed by atoms with Gasteiger partial charge in [0.15, 0.2) is 6.10 Å². The van der Waals surface area contributed by atoms with Crippen molar-refractivity contribution in [3.8, 4) is 0 Å². The summed E-state index contributed by atoms with van der Waals surface area (Å²) in [4.78, 5) is 0. The van der Waals surface area contributed by atoms with Gasteiger partial charge in [-0.3, -0.25) is 0 Å². The summed E-state index contributed by atoms with van der Waals surface area (Å²) >= 11 is 0. The van der Waals surface area contributed by atoms with Crippen molar-refractivity contribution in [2.24, 2.45) is 0 Å². The number of ether oxygens (including phenoxy) is 4. The van der Waals surface area contributed by atoms with Gasteiger partial charge in [0.2, 0.25) is 0 Å². The second-order valence-electron chi connectivity index (χ2n) is 10.4. The van der Waals surface area contributed by atoms with E-state index in [9.17, 15) is 0 Å². The Morgan fingerprint density at radius 1 is 0.605 bits per heavy atom. The molecule has 3 atom stereocenters.